The minimum Gasteiger partial charge on any atom is -0.368 e. The zero-order valence-electron chi connectivity index (χ0n) is 10.3. The van der Waals surface area contributed by atoms with Gasteiger partial charge in [-0.3, -0.25) is 0 Å². The van der Waals surface area contributed by atoms with E-state index in [-0.39, 0.29) is 5.02 Å². The summed E-state index contributed by atoms with van der Waals surface area (Å²) in [5.74, 6) is -1.22. The van der Waals surface area contributed by atoms with Crippen LogP contribution in [0.3, 0.4) is 0 Å². The molecule has 2 nitrogen and oxygen atoms in total. The fourth-order valence-corrected chi connectivity index (χ4v) is 2.75. The molecule has 2 rings (SSSR count). The molecule has 1 N–H and O–H groups in total. The second-order valence-electron chi connectivity index (χ2n) is 4.54. The highest BCUT2D eigenvalue weighted by Crippen LogP contribution is 2.31. The molecule has 0 aromatic heterocycles. The molecule has 1 saturated heterocycles. The van der Waals surface area contributed by atoms with Crippen molar-refractivity contribution in [2.24, 2.45) is 0 Å². The van der Waals surface area contributed by atoms with Gasteiger partial charge in [-0.25, -0.2) is 8.78 Å². The average Bonchev–Trinajstić information content (AvgIpc) is 2.30. The van der Waals surface area contributed by atoms with Crippen molar-refractivity contribution < 1.29 is 8.78 Å². The summed E-state index contributed by atoms with van der Waals surface area (Å²) in [6, 6.07) is 2.53. The van der Waals surface area contributed by atoms with Crippen molar-refractivity contribution >= 4 is 17.3 Å². The molecular formula is C13H17ClF2N2. The number of nitrogens with one attached hydrogen (secondary N) is 1. The first-order chi connectivity index (χ1) is 8.61. The number of benzene rings is 1. The van der Waals surface area contributed by atoms with Crippen molar-refractivity contribution in [2.45, 2.75) is 25.8 Å². The van der Waals surface area contributed by atoms with Crippen LogP contribution in [0.25, 0.3) is 0 Å². The predicted octanol–water partition coefficient (Wildman–Crippen LogP) is 3.20. The van der Waals surface area contributed by atoms with Crippen molar-refractivity contribution in [1.82, 2.24) is 5.32 Å². The van der Waals surface area contributed by atoms with Gasteiger partial charge in [0.1, 0.15) is 5.82 Å². The smallest absolute Gasteiger partial charge is 0.150 e. The number of nitrogens with zero attached hydrogens (tertiary/aromatic N) is 1. The molecule has 5 heteroatoms. The normalized spacial score (nSPS) is 17.2. The van der Waals surface area contributed by atoms with E-state index < -0.39 is 11.6 Å². The summed E-state index contributed by atoms with van der Waals surface area (Å²) in [5, 5.41) is 3.53. The van der Waals surface area contributed by atoms with Gasteiger partial charge >= 0.3 is 0 Å². The van der Waals surface area contributed by atoms with Crippen molar-refractivity contribution in [3.05, 3.63) is 28.8 Å². The highest BCUT2D eigenvalue weighted by molar-refractivity contribution is 6.33. The molecule has 1 heterocycles. The van der Waals surface area contributed by atoms with E-state index in [1.54, 1.807) is 0 Å². The molecule has 0 atom stereocenters. The van der Waals surface area contributed by atoms with Gasteiger partial charge in [-0.05, 0) is 25.5 Å². The van der Waals surface area contributed by atoms with Crippen LogP contribution in [0.5, 0.6) is 0 Å². The molecule has 0 saturated carbocycles. The first-order valence-corrected chi connectivity index (χ1v) is 6.62. The molecule has 1 aromatic rings. The molecule has 0 amide bonds. The van der Waals surface area contributed by atoms with Crippen LogP contribution in [0.1, 0.15) is 19.8 Å². The van der Waals surface area contributed by atoms with Gasteiger partial charge < -0.3 is 10.2 Å². The quantitative estimate of drug-likeness (QED) is 0.911. The van der Waals surface area contributed by atoms with E-state index in [9.17, 15) is 8.78 Å². The molecule has 1 aliphatic heterocycles. The maximum Gasteiger partial charge on any atom is 0.150 e. The van der Waals surface area contributed by atoms with Gasteiger partial charge in [0.2, 0.25) is 0 Å². The van der Waals surface area contributed by atoms with Crippen LogP contribution < -0.4 is 10.2 Å². The van der Waals surface area contributed by atoms with Gasteiger partial charge in [0.05, 0.1) is 10.7 Å². The Balaban J connectivity index is 2.10. The second kappa shape index (κ2) is 5.85. The summed E-state index contributed by atoms with van der Waals surface area (Å²) in [6.45, 7) is 4.49. The van der Waals surface area contributed by atoms with E-state index in [4.69, 9.17) is 11.6 Å². The monoisotopic (exact) mass is 274 g/mol. The molecule has 1 aromatic carbocycles. The van der Waals surface area contributed by atoms with Gasteiger partial charge in [0.25, 0.3) is 0 Å². The molecule has 1 aliphatic rings. The molecule has 0 spiro atoms. The van der Waals surface area contributed by atoms with E-state index in [1.165, 1.54) is 0 Å². The number of halogens is 3. The molecule has 0 unspecified atom stereocenters. The van der Waals surface area contributed by atoms with Gasteiger partial charge in [0.15, 0.2) is 5.82 Å². The molecule has 18 heavy (non-hydrogen) atoms. The van der Waals surface area contributed by atoms with Gasteiger partial charge in [0, 0.05) is 25.2 Å². The minimum atomic E-state index is -0.635. The topological polar surface area (TPSA) is 15.3 Å². The van der Waals surface area contributed by atoms with E-state index in [1.807, 2.05) is 4.90 Å². The Morgan fingerprint density at radius 2 is 2.00 bits per heavy atom. The number of anilines is 1. The first kappa shape index (κ1) is 13.6. The van der Waals surface area contributed by atoms with Crippen LogP contribution in [0.15, 0.2) is 12.1 Å². The molecule has 0 radical (unpaired) electrons. The third-order valence-corrected chi connectivity index (χ3v) is 3.57. The summed E-state index contributed by atoms with van der Waals surface area (Å²) in [7, 11) is 0. The van der Waals surface area contributed by atoms with E-state index in [2.05, 4.69) is 12.2 Å². The summed E-state index contributed by atoms with van der Waals surface area (Å²) in [6.07, 6.45) is 1.89. The Labute approximate surface area is 111 Å². The Morgan fingerprint density at radius 3 is 2.56 bits per heavy atom. The molecule has 1 fully saturated rings. The maximum atomic E-state index is 13.8. The van der Waals surface area contributed by atoms with Crippen LogP contribution in [-0.2, 0) is 0 Å². The van der Waals surface area contributed by atoms with Crippen molar-refractivity contribution in [2.75, 3.05) is 24.5 Å². The minimum absolute atomic E-state index is 0.148. The fourth-order valence-electron chi connectivity index (χ4n) is 2.43. The van der Waals surface area contributed by atoms with E-state index in [0.717, 1.165) is 44.6 Å². The first-order valence-electron chi connectivity index (χ1n) is 6.24. The van der Waals surface area contributed by atoms with Crippen LogP contribution in [0, 0.1) is 11.6 Å². The van der Waals surface area contributed by atoms with Crippen molar-refractivity contribution in [1.29, 1.82) is 0 Å². The Morgan fingerprint density at radius 1 is 1.33 bits per heavy atom. The fraction of sp³-hybridized carbons (Fsp3) is 0.538. The highest BCUT2D eigenvalue weighted by Gasteiger charge is 2.23. The molecule has 100 valence electrons. The standard InChI is InChI=1S/C13H17ClF2N2/c1-2-17-10-3-5-18(6-4-10)13-11(14)7-9(15)8-12(13)16/h7-8,10,17H,2-6H2,1H3. The van der Waals surface area contributed by atoms with E-state index >= 15 is 0 Å². The molecular weight excluding hydrogens is 258 g/mol. The third kappa shape index (κ3) is 2.93. The molecule has 0 bridgehead atoms. The highest BCUT2D eigenvalue weighted by atomic mass is 35.5. The van der Waals surface area contributed by atoms with Crippen LogP contribution in [0.4, 0.5) is 14.5 Å². The number of hydrogen-bond donors (Lipinski definition) is 1. The lowest BCUT2D eigenvalue weighted by atomic mass is 10.0. The van der Waals surface area contributed by atoms with Gasteiger partial charge in [-0.1, -0.05) is 18.5 Å². The van der Waals surface area contributed by atoms with Crippen molar-refractivity contribution in [3.8, 4) is 0 Å². The van der Waals surface area contributed by atoms with Gasteiger partial charge in [-0.2, -0.15) is 0 Å². The summed E-state index contributed by atoms with van der Waals surface area (Å²) in [5.41, 5.74) is 0.327. The lowest BCUT2D eigenvalue weighted by Gasteiger charge is -2.34. The number of hydrogen-bond acceptors (Lipinski definition) is 2. The second-order valence-corrected chi connectivity index (χ2v) is 4.94. The average molecular weight is 275 g/mol. The maximum absolute atomic E-state index is 13.8. The van der Waals surface area contributed by atoms with Crippen LogP contribution in [-0.4, -0.2) is 25.7 Å². The van der Waals surface area contributed by atoms with Gasteiger partial charge in [-0.15, -0.1) is 0 Å². The predicted molar refractivity (Wildman–Crippen MR) is 70.3 cm³/mol. The lowest BCUT2D eigenvalue weighted by molar-refractivity contribution is 0.421. The number of rotatable bonds is 3. The Kier molecular flexibility index (Phi) is 4.40. The van der Waals surface area contributed by atoms with Crippen LogP contribution in [0.2, 0.25) is 5.02 Å². The third-order valence-electron chi connectivity index (χ3n) is 3.29. The number of piperidine rings is 1. The SMILES string of the molecule is CCNC1CCN(c2c(F)cc(F)cc2Cl)CC1. The van der Waals surface area contributed by atoms with E-state index in [0.29, 0.717) is 11.7 Å². The van der Waals surface area contributed by atoms with Crippen LogP contribution >= 0.6 is 11.6 Å². The lowest BCUT2D eigenvalue weighted by Crippen LogP contribution is -2.42. The Bertz CT molecular complexity index is 394. The zero-order valence-corrected chi connectivity index (χ0v) is 11.1. The largest absolute Gasteiger partial charge is 0.368 e. The Hall–Kier alpha value is -0.870. The van der Waals surface area contributed by atoms with Crippen molar-refractivity contribution in [3.63, 3.8) is 0 Å². The molecule has 0 aliphatic carbocycles. The summed E-state index contributed by atoms with van der Waals surface area (Å²) < 4.78 is 26.7. The summed E-state index contributed by atoms with van der Waals surface area (Å²) in [4.78, 5) is 1.89. The zero-order chi connectivity index (χ0) is 13.1. The summed E-state index contributed by atoms with van der Waals surface area (Å²) >= 11 is 5.93.